The molecule has 0 amide bonds. The summed E-state index contributed by atoms with van der Waals surface area (Å²) in [6.45, 7) is 4.02. The van der Waals surface area contributed by atoms with Crippen molar-refractivity contribution in [2.45, 2.75) is 51.8 Å². The topological polar surface area (TPSA) is 9.23 Å². The molecule has 0 saturated carbocycles. The van der Waals surface area contributed by atoms with Gasteiger partial charge in [0.05, 0.1) is 6.10 Å². The molecular weight excluding hydrogens is 143 g/mol. The summed E-state index contributed by atoms with van der Waals surface area (Å²) in [6.07, 6.45) is 2.46. The fraction of sp³-hybridized carbons (Fsp3) is 1.00. The zero-order chi connectivity index (χ0) is 8.69. The molecule has 0 saturated heterocycles. The summed E-state index contributed by atoms with van der Waals surface area (Å²) in [7, 11) is 1.58. The summed E-state index contributed by atoms with van der Waals surface area (Å²) in [5.74, 6) is 0. The molecule has 0 heterocycles. The highest BCUT2D eigenvalue weighted by Crippen LogP contribution is 2.13. The summed E-state index contributed by atoms with van der Waals surface area (Å²) in [4.78, 5) is 0. The molecular formula is C9H19FO. The van der Waals surface area contributed by atoms with E-state index in [1.54, 1.807) is 7.11 Å². The Bertz CT molecular complexity index is 81.6. The lowest BCUT2D eigenvalue weighted by Gasteiger charge is -2.17. The summed E-state index contributed by atoms with van der Waals surface area (Å²) in [6, 6.07) is 0. The van der Waals surface area contributed by atoms with Gasteiger partial charge in [0.15, 0.2) is 0 Å². The second-order valence-corrected chi connectivity index (χ2v) is 2.84. The molecule has 0 aromatic rings. The maximum atomic E-state index is 13.1. The van der Waals surface area contributed by atoms with Crippen molar-refractivity contribution in [3.05, 3.63) is 0 Å². The van der Waals surface area contributed by atoms with Gasteiger partial charge in [-0.2, -0.15) is 0 Å². The lowest BCUT2D eigenvalue weighted by molar-refractivity contribution is 0.0256. The van der Waals surface area contributed by atoms with E-state index in [1.807, 2.05) is 6.92 Å². The Labute approximate surface area is 68.9 Å². The van der Waals surface area contributed by atoms with Crippen molar-refractivity contribution in [2.24, 2.45) is 0 Å². The lowest BCUT2D eigenvalue weighted by atomic mass is 10.1. The van der Waals surface area contributed by atoms with Crippen LogP contribution in [0.2, 0.25) is 0 Å². The SMILES string of the molecule is CCCCC(F)C(CC)OC. The van der Waals surface area contributed by atoms with Crippen molar-refractivity contribution in [3.63, 3.8) is 0 Å². The first-order valence-corrected chi connectivity index (χ1v) is 4.43. The van der Waals surface area contributed by atoms with Gasteiger partial charge in [-0.05, 0) is 12.8 Å². The molecule has 0 aromatic heterocycles. The van der Waals surface area contributed by atoms with Crippen molar-refractivity contribution in [3.8, 4) is 0 Å². The minimum Gasteiger partial charge on any atom is -0.378 e. The predicted molar refractivity (Wildman–Crippen MR) is 45.5 cm³/mol. The van der Waals surface area contributed by atoms with Crippen LogP contribution < -0.4 is 0 Å². The van der Waals surface area contributed by atoms with E-state index >= 15 is 0 Å². The number of unbranched alkanes of at least 4 members (excludes halogenated alkanes) is 1. The van der Waals surface area contributed by atoms with Gasteiger partial charge in [0.25, 0.3) is 0 Å². The predicted octanol–water partition coefficient (Wildman–Crippen LogP) is 2.94. The summed E-state index contributed by atoms with van der Waals surface area (Å²) in [5, 5.41) is 0. The number of rotatable bonds is 6. The average molecular weight is 162 g/mol. The minimum absolute atomic E-state index is 0.193. The Kier molecular flexibility index (Phi) is 6.52. The van der Waals surface area contributed by atoms with Gasteiger partial charge in [-0.1, -0.05) is 26.7 Å². The minimum atomic E-state index is -0.773. The van der Waals surface area contributed by atoms with Crippen molar-refractivity contribution in [1.82, 2.24) is 0 Å². The first kappa shape index (κ1) is 10.9. The van der Waals surface area contributed by atoms with Crippen LogP contribution in [-0.2, 0) is 4.74 Å². The monoisotopic (exact) mass is 162 g/mol. The molecule has 1 nitrogen and oxygen atoms in total. The highest BCUT2D eigenvalue weighted by molar-refractivity contribution is 4.66. The zero-order valence-corrected chi connectivity index (χ0v) is 7.77. The highest BCUT2D eigenvalue weighted by Gasteiger charge is 2.17. The molecule has 0 bridgehead atoms. The molecule has 68 valence electrons. The molecule has 0 fully saturated rings. The van der Waals surface area contributed by atoms with Crippen LogP contribution in [-0.4, -0.2) is 19.4 Å². The molecule has 2 heteroatoms. The van der Waals surface area contributed by atoms with Crippen LogP contribution in [0.5, 0.6) is 0 Å². The van der Waals surface area contributed by atoms with E-state index in [9.17, 15) is 4.39 Å². The van der Waals surface area contributed by atoms with Crippen molar-refractivity contribution >= 4 is 0 Å². The van der Waals surface area contributed by atoms with E-state index in [-0.39, 0.29) is 6.10 Å². The van der Waals surface area contributed by atoms with Gasteiger partial charge in [-0.3, -0.25) is 0 Å². The Hall–Kier alpha value is -0.110. The Morgan fingerprint density at radius 3 is 2.36 bits per heavy atom. The van der Waals surface area contributed by atoms with Crippen LogP contribution in [0, 0.1) is 0 Å². The second kappa shape index (κ2) is 6.59. The normalized spacial score (nSPS) is 16.4. The van der Waals surface area contributed by atoms with E-state index in [0.717, 1.165) is 19.3 Å². The van der Waals surface area contributed by atoms with Crippen LogP contribution in [0.1, 0.15) is 39.5 Å². The molecule has 0 aliphatic rings. The Morgan fingerprint density at radius 2 is 2.00 bits per heavy atom. The van der Waals surface area contributed by atoms with Crippen LogP contribution in [0.25, 0.3) is 0 Å². The van der Waals surface area contributed by atoms with E-state index in [0.29, 0.717) is 6.42 Å². The van der Waals surface area contributed by atoms with Gasteiger partial charge in [0.2, 0.25) is 0 Å². The average Bonchev–Trinajstić information content (AvgIpc) is 2.03. The molecule has 0 aromatic carbocycles. The zero-order valence-electron chi connectivity index (χ0n) is 7.77. The van der Waals surface area contributed by atoms with Crippen molar-refractivity contribution in [2.75, 3.05) is 7.11 Å². The fourth-order valence-corrected chi connectivity index (χ4v) is 1.16. The molecule has 0 rings (SSSR count). The molecule has 0 N–H and O–H groups in total. The number of ether oxygens (including phenoxy) is 1. The first-order chi connectivity index (χ1) is 5.26. The van der Waals surface area contributed by atoms with E-state index in [4.69, 9.17) is 4.74 Å². The third kappa shape index (κ3) is 4.35. The highest BCUT2D eigenvalue weighted by atomic mass is 19.1. The largest absolute Gasteiger partial charge is 0.378 e. The number of hydrogen-bond acceptors (Lipinski definition) is 1. The van der Waals surface area contributed by atoms with Crippen LogP contribution in [0.3, 0.4) is 0 Å². The second-order valence-electron chi connectivity index (χ2n) is 2.84. The van der Waals surface area contributed by atoms with Crippen LogP contribution >= 0.6 is 0 Å². The molecule has 0 aliphatic carbocycles. The number of methoxy groups -OCH3 is 1. The summed E-state index contributed by atoms with van der Waals surface area (Å²) in [5.41, 5.74) is 0. The van der Waals surface area contributed by atoms with Gasteiger partial charge in [-0.15, -0.1) is 0 Å². The standard InChI is InChI=1S/C9H19FO/c1-4-6-7-8(10)9(5-2)11-3/h8-9H,4-7H2,1-3H3. The lowest BCUT2D eigenvalue weighted by Crippen LogP contribution is -2.23. The number of hydrogen-bond donors (Lipinski definition) is 0. The molecule has 2 atom stereocenters. The Balaban J connectivity index is 3.51. The van der Waals surface area contributed by atoms with Gasteiger partial charge in [0.1, 0.15) is 6.17 Å². The Morgan fingerprint density at radius 1 is 1.36 bits per heavy atom. The van der Waals surface area contributed by atoms with E-state index in [2.05, 4.69) is 6.92 Å². The molecule has 0 spiro atoms. The third-order valence-electron chi connectivity index (χ3n) is 1.94. The molecule has 0 radical (unpaired) electrons. The van der Waals surface area contributed by atoms with Gasteiger partial charge < -0.3 is 4.74 Å². The maximum Gasteiger partial charge on any atom is 0.126 e. The van der Waals surface area contributed by atoms with Crippen LogP contribution in [0.15, 0.2) is 0 Å². The van der Waals surface area contributed by atoms with Crippen molar-refractivity contribution < 1.29 is 9.13 Å². The quantitative estimate of drug-likeness (QED) is 0.583. The van der Waals surface area contributed by atoms with Gasteiger partial charge in [0, 0.05) is 7.11 Å². The fourth-order valence-electron chi connectivity index (χ4n) is 1.16. The maximum absolute atomic E-state index is 13.1. The van der Waals surface area contributed by atoms with Gasteiger partial charge in [-0.25, -0.2) is 4.39 Å². The third-order valence-corrected chi connectivity index (χ3v) is 1.94. The van der Waals surface area contributed by atoms with E-state index < -0.39 is 6.17 Å². The number of alkyl halides is 1. The number of halogens is 1. The summed E-state index contributed by atoms with van der Waals surface area (Å²) < 4.78 is 18.1. The van der Waals surface area contributed by atoms with E-state index in [1.165, 1.54) is 0 Å². The summed E-state index contributed by atoms with van der Waals surface area (Å²) >= 11 is 0. The molecule has 2 unspecified atom stereocenters. The van der Waals surface area contributed by atoms with Crippen LogP contribution in [0.4, 0.5) is 4.39 Å². The van der Waals surface area contributed by atoms with Crippen molar-refractivity contribution in [1.29, 1.82) is 0 Å². The molecule has 0 aliphatic heterocycles. The first-order valence-electron chi connectivity index (χ1n) is 4.43. The van der Waals surface area contributed by atoms with Gasteiger partial charge >= 0.3 is 0 Å². The molecule has 11 heavy (non-hydrogen) atoms. The smallest absolute Gasteiger partial charge is 0.126 e.